The molecule has 6 heteroatoms. The van der Waals surface area contributed by atoms with Gasteiger partial charge in [0.2, 0.25) is 0 Å². The van der Waals surface area contributed by atoms with E-state index >= 15 is 0 Å². The van der Waals surface area contributed by atoms with Crippen molar-refractivity contribution in [3.63, 3.8) is 0 Å². The van der Waals surface area contributed by atoms with Gasteiger partial charge in [0.05, 0.1) is 12.3 Å². The first-order valence-corrected chi connectivity index (χ1v) is 7.75. The monoisotopic (exact) mass is 289 g/mol. The maximum atomic E-state index is 9.57. The number of aromatic nitrogens is 3. The van der Waals surface area contributed by atoms with Crippen LogP contribution in [0.25, 0.3) is 5.65 Å². The summed E-state index contributed by atoms with van der Waals surface area (Å²) in [5, 5.41) is 16.2. The van der Waals surface area contributed by atoms with Gasteiger partial charge >= 0.3 is 0 Å². The zero-order valence-corrected chi connectivity index (χ0v) is 12.4. The predicted octanol–water partition coefficient (Wildman–Crippen LogP) is 2.12. The molecule has 0 spiro atoms. The number of aliphatic hydroxyl groups excluding tert-OH is 1. The van der Waals surface area contributed by atoms with Gasteiger partial charge in [0.1, 0.15) is 5.82 Å². The molecule has 2 heterocycles. The lowest BCUT2D eigenvalue weighted by atomic mass is 9.87. The van der Waals surface area contributed by atoms with E-state index < -0.39 is 0 Å². The number of hydrogen-bond acceptors (Lipinski definition) is 5. The molecular formula is C15H23N5O. The molecule has 1 fully saturated rings. The summed E-state index contributed by atoms with van der Waals surface area (Å²) < 4.78 is 1.98. The van der Waals surface area contributed by atoms with Crippen molar-refractivity contribution in [3.8, 4) is 0 Å². The molecule has 0 unspecified atom stereocenters. The fourth-order valence-electron chi connectivity index (χ4n) is 2.91. The van der Waals surface area contributed by atoms with Crippen LogP contribution < -0.4 is 10.6 Å². The zero-order valence-electron chi connectivity index (χ0n) is 12.4. The largest absolute Gasteiger partial charge is 0.393 e. The van der Waals surface area contributed by atoms with Crippen LogP contribution >= 0.6 is 0 Å². The minimum Gasteiger partial charge on any atom is -0.393 e. The van der Waals surface area contributed by atoms with Crippen LogP contribution in [0.4, 0.5) is 11.6 Å². The Labute approximate surface area is 124 Å². The van der Waals surface area contributed by atoms with Gasteiger partial charge in [0.25, 0.3) is 0 Å². The first kappa shape index (κ1) is 14.1. The average molecular weight is 289 g/mol. The molecule has 0 aliphatic heterocycles. The van der Waals surface area contributed by atoms with Gasteiger partial charge in [-0.3, -0.25) is 0 Å². The SMILES string of the molecule is CCNc1cn2ccnc2c(NCC2CCC(O)CC2)n1. The van der Waals surface area contributed by atoms with Crippen molar-refractivity contribution < 1.29 is 5.11 Å². The smallest absolute Gasteiger partial charge is 0.180 e. The molecule has 0 aromatic carbocycles. The fourth-order valence-corrected chi connectivity index (χ4v) is 2.91. The van der Waals surface area contributed by atoms with E-state index in [0.29, 0.717) is 5.92 Å². The van der Waals surface area contributed by atoms with Crippen molar-refractivity contribution in [1.82, 2.24) is 14.4 Å². The fraction of sp³-hybridized carbons (Fsp3) is 0.600. The number of rotatable bonds is 5. The Morgan fingerprint density at radius 1 is 1.29 bits per heavy atom. The molecule has 0 radical (unpaired) electrons. The lowest BCUT2D eigenvalue weighted by Crippen LogP contribution is -2.24. The number of nitrogens with one attached hydrogen (secondary N) is 2. The average Bonchev–Trinajstić information content (AvgIpc) is 2.95. The number of imidazole rings is 1. The molecule has 0 atom stereocenters. The van der Waals surface area contributed by atoms with Crippen LogP contribution in [-0.2, 0) is 0 Å². The van der Waals surface area contributed by atoms with E-state index in [1.165, 1.54) is 0 Å². The van der Waals surface area contributed by atoms with Gasteiger partial charge in [0.15, 0.2) is 11.5 Å². The third-order valence-corrected chi connectivity index (χ3v) is 4.11. The molecule has 2 aromatic rings. The van der Waals surface area contributed by atoms with Crippen LogP contribution in [-0.4, -0.2) is 38.7 Å². The quantitative estimate of drug-likeness (QED) is 0.786. The van der Waals surface area contributed by atoms with E-state index in [4.69, 9.17) is 0 Å². The van der Waals surface area contributed by atoms with E-state index in [1.807, 2.05) is 16.8 Å². The van der Waals surface area contributed by atoms with Crippen LogP contribution in [0.2, 0.25) is 0 Å². The molecule has 2 aromatic heterocycles. The van der Waals surface area contributed by atoms with Gasteiger partial charge in [-0.25, -0.2) is 9.97 Å². The first-order chi connectivity index (χ1) is 10.3. The van der Waals surface area contributed by atoms with Crippen molar-refractivity contribution in [2.24, 2.45) is 5.92 Å². The third kappa shape index (κ3) is 3.26. The number of hydrogen-bond donors (Lipinski definition) is 3. The van der Waals surface area contributed by atoms with Crippen molar-refractivity contribution in [2.75, 3.05) is 23.7 Å². The Morgan fingerprint density at radius 3 is 2.86 bits per heavy atom. The second-order valence-corrected chi connectivity index (χ2v) is 5.72. The van der Waals surface area contributed by atoms with Gasteiger partial charge < -0.3 is 20.1 Å². The Balaban J connectivity index is 1.71. The van der Waals surface area contributed by atoms with Crippen LogP contribution in [0.1, 0.15) is 32.6 Å². The number of fused-ring (bicyclic) bond motifs is 1. The summed E-state index contributed by atoms with van der Waals surface area (Å²) in [5.41, 5.74) is 0.854. The van der Waals surface area contributed by atoms with Gasteiger partial charge in [-0.15, -0.1) is 0 Å². The summed E-state index contributed by atoms with van der Waals surface area (Å²) in [6.07, 6.45) is 9.54. The minimum atomic E-state index is -0.101. The standard InChI is InChI=1S/C15H23N5O/c1-2-16-13-10-20-8-7-17-15(20)14(19-13)18-9-11-3-5-12(21)6-4-11/h7-8,10-12,16,21H,2-6,9H2,1H3,(H,18,19). The molecule has 3 rings (SSSR count). The summed E-state index contributed by atoms with van der Waals surface area (Å²) in [4.78, 5) is 8.97. The Bertz CT molecular complexity index is 589. The first-order valence-electron chi connectivity index (χ1n) is 7.75. The Hall–Kier alpha value is -1.82. The minimum absolute atomic E-state index is 0.101. The molecule has 0 amide bonds. The van der Waals surface area contributed by atoms with Crippen molar-refractivity contribution in [2.45, 2.75) is 38.7 Å². The molecule has 21 heavy (non-hydrogen) atoms. The highest BCUT2D eigenvalue weighted by Gasteiger charge is 2.19. The zero-order chi connectivity index (χ0) is 14.7. The molecule has 1 saturated carbocycles. The molecule has 114 valence electrons. The van der Waals surface area contributed by atoms with Crippen molar-refractivity contribution in [1.29, 1.82) is 0 Å². The number of aliphatic hydroxyl groups is 1. The van der Waals surface area contributed by atoms with Crippen LogP contribution in [0.3, 0.4) is 0 Å². The Morgan fingerprint density at radius 2 is 2.10 bits per heavy atom. The van der Waals surface area contributed by atoms with Gasteiger partial charge in [-0.1, -0.05) is 0 Å². The summed E-state index contributed by atoms with van der Waals surface area (Å²) in [7, 11) is 0. The number of anilines is 2. The Kier molecular flexibility index (Phi) is 4.24. The summed E-state index contributed by atoms with van der Waals surface area (Å²) in [5.74, 6) is 2.28. The molecule has 0 saturated heterocycles. The molecule has 3 N–H and O–H groups in total. The normalized spacial score (nSPS) is 22.4. The van der Waals surface area contributed by atoms with Gasteiger partial charge in [-0.2, -0.15) is 0 Å². The summed E-state index contributed by atoms with van der Waals surface area (Å²) in [6, 6.07) is 0. The highest BCUT2D eigenvalue weighted by Crippen LogP contribution is 2.25. The van der Waals surface area contributed by atoms with Crippen molar-refractivity contribution in [3.05, 3.63) is 18.6 Å². The van der Waals surface area contributed by atoms with Crippen LogP contribution in [0.5, 0.6) is 0 Å². The second-order valence-electron chi connectivity index (χ2n) is 5.72. The van der Waals surface area contributed by atoms with E-state index in [2.05, 4.69) is 27.5 Å². The van der Waals surface area contributed by atoms with Gasteiger partial charge in [0, 0.05) is 25.5 Å². The third-order valence-electron chi connectivity index (χ3n) is 4.11. The van der Waals surface area contributed by atoms with E-state index in [1.54, 1.807) is 6.20 Å². The predicted molar refractivity (Wildman–Crippen MR) is 83.6 cm³/mol. The highest BCUT2D eigenvalue weighted by atomic mass is 16.3. The highest BCUT2D eigenvalue weighted by molar-refractivity contribution is 5.65. The molecule has 1 aliphatic rings. The molecule has 0 bridgehead atoms. The summed E-state index contributed by atoms with van der Waals surface area (Å²) >= 11 is 0. The van der Waals surface area contributed by atoms with E-state index in [0.717, 1.165) is 56.1 Å². The van der Waals surface area contributed by atoms with E-state index in [9.17, 15) is 5.11 Å². The molecule has 1 aliphatic carbocycles. The van der Waals surface area contributed by atoms with Crippen LogP contribution in [0.15, 0.2) is 18.6 Å². The van der Waals surface area contributed by atoms with Crippen LogP contribution in [0, 0.1) is 5.92 Å². The number of nitrogens with zero attached hydrogens (tertiary/aromatic N) is 3. The maximum absolute atomic E-state index is 9.57. The topological polar surface area (TPSA) is 74.5 Å². The van der Waals surface area contributed by atoms with E-state index in [-0.39, 0.29) is 6.10 Å². The lowest BCUT2D eigenvalue weighted by Gasteiger charge is -2.25. The maximum Gasteiger partial charge on any atom is 0.180 e. The summed E-state index contributed by atoms with van der Waals surface area (Å²) in [6.45, 7) is 3.78. The molecular weight excluding hydrogens is 266 g/mol. The van der Waals surface area contributed by atoms with Gasteiger partial charge in [-0.05, 0) is 38.5 Å². The lowest BCUT2D eigenvalue weighted by molar-refractivity contribution is 0.111. The van der Waals surface area contributed by atoms with Crippen molar-refractivity contribution >= 4 is 17.3 Å². The molecule has 6 nitrogen and oxygen atoms in total. The second kappa shape index (κ2) is 6.30.